The number of carbonyl (C=O) groups is 2. The first-order valence-electron chi connectivity index (χ1n) is 7.34. The Morgan fingerprint density at radius 1 is 1.16 bits per heavy atom. The maximum Gasteiger partial charge on any atom is 0.342 e. The highest BCUT2D eigenvalue weighted by atomic mass is 79.9. The summed E-state index contributed by atoms with van der Waals surface area (Å²) in [5, 5.41) is 13.2. The van der Waals surface area contributed by atoms with Crippen LogP contribution in [0.15, 0.2) is 59.2 Å². The van der Waals surface area contributed by atoms with E-state index < -0.39 is 18.5 Å². The van der Waals surface area contributed by atoms with E-state index in [1.807, 2.05) is 12.1 Å². The fourth-order valence-corrected chi connectivity index (χ4v) is 2.64. The summed E-state index contributed by atoms with van der Waals surface area (Å²) >= 11 is 3.21. The van der Waals surface area contributed by atoms with Crippen molar-refractivity contribution < 1.29 is 19.4 Å². The Bertz CT molecular complexity index is 953. The van der Waals surface area contributed by atoms with Crippen LogP contribution in [0.25, 0.3) is 10.9 Å². The van der Waals surface area contributed by atoms with Gasteiger partial charge in [0.05, 0.1) is 11.2 Å². The first-order chi connectivity index (χ1) is 12.0. The van der Waals surface area contributed by atoms with Crippen molar-refractivity contribution in [3.63, 3.8) is 0 Å². The van der Waals surface area contributed by atoms with Crippen LogP contribution in [0.5, 0.6) is 5.75 Å². The normalized spacial score (nSPS) is 10.4. The highest BCUT2D eigenvalue weighted by Gasteiger charge is 2.15. The van der Waals surface area contributed by atoms with Crippen molar-refractivity contribution in [1.82, 2.24) is 4.98 Å². The number of amides is 1. The predicted octanol–water partition coefficient (Wildman–Crippen LogP) is 3.50. The molecule has 0 spiro atoms. The second kappa shape index (κ2) is 7.31. The van der Waals surface area contributed by atoms with E-state index >= 15 is 0 Å². The second-order valence-electron chi connectivity index (χ2n) is 5.16. The van der Waals surface area contributed by atoms with Gasteiger partial charge in [-0.2, -0.15) is 0 Å². The molecule has 2 N–H and O–H groups in total. The number of carbonyl (C=O) groups excluding carboxylic acids is 2. The number of phenols is 1. The van der Waals surface area contributed by atoms with Gasteiger partial charge in [0, 0.05) is 16.1 Å². The van der Waals surface area contributed by atoms with E-state index in [0.717, 1.165) is 10.9 Å². The topological polar surface area (TPSA) is 88.5 Å². The summed E-state index contributed by atoms with van der Waals surface area (Å²) in [5.41, 5.74) is 1.31. The Balaban J connectivity index is 1.66. The molecule has 2 aromatic carbocycles. The minimum absolute atomic E-state index is 0.0171. The number of pyridine rings is 1. The maximum atomic E-state index is 12.1. The van der Waals surface area contributed by atoms with Crippen LogP contribution in [0.4, 0.5) is 5.69 Å². The Morgan fingerprint density at radius 3 is 2.84 bits per heavy atom. The molecular weight excluding hydrogens is 388 g/mol. The molecule has 126 valence electrons. The molecule has 0 fully saturated rings. The number of hydrogen-bond acceptors (Lipinski definition) is 5. The van der Waals surface area contributed by atoms with E-state index in [4.69, 9.17) is 4.74 Å². The Morgan fingerprint density at radius 2 is 2.00 bits per heavy atom. The lowest BCUT2D eigenvalue weighted by molar-refractivity contribution is -0.119. The molecule has 0 atom stereocenters. The fraction of sp³-hybridized carbons (Fsp3) is 0.0556. The molecule has 0 unspecified atom stereocenters. The smallest absolute Gasteiger partial charge is 0.342 e. The van der Waals surface area contributed by atoms with Gasteiger partial charge in [0.1, 0.15) is 11.3 Å². The van der Waals surface area contributed by atoms with Crippen LogP contribution in [-0.2, 0) is 9.53 Å². The number of aromatic hydroxyl groups is 1. The third-order valence-electron chi connectivity index (χ3n) is 3.43. The van der Waals surface area contributed by atoms with E-state index in [-0.39, 0.29) is 11.3 Å². The second-order valence-corrected chi connectivity index (χ2v) is 6.08. The number of nitrogens with one attached hydrogen (secondary N) is 1. The van der Waals surface area contributed by atoms with Crippen LogP contribution in [-0.4, -0.2) is 28.6 Å². The van der Waals surface area contributed by atoms with Crippen molar-refractivity contribution >= 4 is 44.4 Å². The lowest BCUT2D eigenvalue weighted by Crippen LogP contribution is -2.21. The van der Waals surface area contributed by atoms with Gasteiger partial charge in [-0.1, -0.05) is 22.0 Å². The molecule has 0 saturated carbocycles. The van der Waals surface area contributed by atoms with Crippen molar-refractivity contribution in [1.29, 1.82) is 0 Å². The van der Waals surface area contributed by atoms with Gasteiger partial charge >= 0.3 is 5.97 Å². The molecule has 0 aliphatic rings. The van der Waals surface area contributed by atoms with Crippen LogP contribution in [0.3, 0.4) is 0 Å². The SMILES string of the molecule is O=C(COC(=O)c1cc(Br)ccc1O)Nc1cccc2ncccc12. The lowest BCUT2D eigenvalue weighted by atomic mass is 10.2. The molecule has 1 heterocycles. The predicted molar refractivity (Wildman–Crippen MR) is 96.5 cm³/mol. The average molecular weight is 401 g/mol. The summed E-state index contributed by atoms with van der Waals surface area (Å²) < 4.78 is 5.58. The van der Waals surface area contributed by atoms with Crippen LogP contribution in [0.2, 0.25) is 0 Å². The number of halogens is 1. The highest BCUT2D eigenvalue weighted by molar-refractivity contribution is 9.10. The van der Waals surface area contributed by atoms with Gasteiger partial charge in [-0.3, -0.25) is 9.78 Å². The van der Waals surface area contributed by atoms with Crippen LogP contribution < -0.4 is 5.32 Å². The number of phenolic OH excluding ortho intramolecular Hbond substituents is 1. The van der Waals surface area contributed by atoms with E-state index in [1.54, 1.807) is 30.5 Å². The molecule has 3 rings (SSSR count). The lowest BCUT2D eigenvalue weighted by Gasteiger charge is -2.09. The minimum atomic E-state index is -0.784. The quantitative estimate of drug-likeness (QED) is 0.654. The molecular formula is C18H13BrN2O4. The van der Waals surface area contributed by atoms with Gasteiger partial charge in [-0.15, -0.1) is 0 Å². The molecule has 7 heteroatoms. The molecule has 0 bridgehead atoms. The number of benzene rings is 2. The van der Waals surface area contributed by atoms with Gasteiger partial charge < -0.3 is 15.2 Å². The first kappa shape index (κ1) is 16.9. The van der Waals surface area contributed by atoms with Crippen molar-refractivity contribution in [3.8, 4) is 5.75 Å². The number of fused-ring (bicyclic) bond motifs is 1. The third kappa shape index (κ3) is 3.95. The van der Waals surface area contributed by atoms with Gasteiger partial charge in [0.25, 0.3) is 5.91 Å². The number of rotatable bonds is 4. The Hall–Kier alpha value is -2.93. The van der Waals surface area contributed by atoms with E-state index in [0.29, 0.717) is 10.2 Å². The van der Waals surface area contributed by atoms with Crippen LogP contribution in [0.1, 0.15) is 10.4 Å². The zero-order valence-electron chi connectivity index (χ0n) is 12.9. The molecule has 0 aliphatic carbocycles. The molecule has 0 saturated heterocycles. The van der Waals surface area contributed by atoms with Gasteiger partial charge in [0.2, 0.25) is 0 Å². The summed E-state index contributed by atoms with van der Waals surface area (Å²) in [6.45, 7) is -0.471. The van der Waals surface area contributed by atoms with Gasteiger partial charge in [0.15, 0.2) is 6.61 Å². The molecule has 1 amide bonds. The number of anilines is 1. The van der Waals surface area contributed by atoms with Crippen molar-refractivity contribution in [3.05, 3.63) is 64.8 Å². The van der Waals surface area contributed by atoms with Crippen molar-refractivity contribution in [2.75, 3.05) is 11.9 Å². The molecule has 25 heavy (non-hydrogen) atoms. The maximum absolute atomic E-state index is 12.1. The van der Waals surface area contributed by atoms with Gasteiger partial charge in [-0.25, -0.2) is 4.79 Å². The zero-order chi connectivity index (χ0) is 17.8. The molecule has 6 nitrogen and oxygen atoms in total. The Labute approximate surface area is 151 Å². The van der Waals surface area contributed by atoms with Crippen LogP contribution in [0, 0.1) is 0 Å². The third-order valence-corrected chi connectivity index (χ3v) is 3.93. The summed E-state index contributed by atoms with van der Waals surface area (Å²) in [6.07, 6.45) is 1.67. The van der Waals surface area contributed by atoms with E-state index in [2.05, 4.69) is 26.2 Å². The highest BCUT2D eigenvalue weighted by Crippen LogP contribution is 2.23. The van der Waals surface area contributed by atoms with Gasteiger partial charge in [-0.05, 0) is 42.5 Å². The van der Waals surface area contributed by atoms with Crippen molar-refractivity contribution in [2.45, 2.75) is 0 Å². The van der Waals surface area contributed by atoms with Crippen molar-refractivity contribution in [2.24, 2.45) is 0 Å². The number of hydrogen-bond donors (Lipinski definition) is 2. The molecule has 1 aromatic heterocycles. The Kier molecular flexibility index (Phi) is 4.95. The summed E-state index contributed by atoms with van der Waals surface area (Å²) in [5.74, 6) is -1.48. The summed E-state index contributed by atoms with van der Waals surface area (Å²) in [6, 6.07) is 13.3. The van der Waals surface area contributed by atoms with E-state index in [9.17, 15) is 14.7 Å². The first-order valence-corrected chi connectivity index (χ1v) is 8.13. The summed E-state index contributed by atoms with van der Waals surface area (Å²) in [4.78, 5) is 28.3. The fourth-order valence-electron chi connectivity index (χ4n) is 2.28. The number of aromatic nitrogens is 1. The number of esters is 1. The minimum Gasteiger partial charge on any atom is -0.507 e. The van der Waals surface area contributed by atoms with E-state index in [1.165, 1.54) is 12.1 Å². The average Bonchev–Trinajstić information content (AvgIpc) is 2.62. The number of nitrogens with zero attached hydrogens (tertiary/aromatic N) is 1. The largest absolute Gasteiger partial charge is 0.507 e. The number of ether oxygens (including phenoxy) is 1. The molecule has 0 radical (unpaired) electrons. The van der Waals surface area contributed by atoms with Crippen LogP contribution >= 0.6 is 15.9 Å². The zero-order valence-corrected chi connectivity index (χ0v) is 14.5. The summed E-state index contributed by atoms with van der Waals surface area (Å²) in [7, 11) is 0. The molecule has 3 aromatic rings. The standard InChI is InChI=1S/C18H13BrN2O4/c19-11-6-7-16(22)13(9-11)18(24)25-10-17(23)21-15-5-1-4-14-12(15)3-2-8-20-14/h1-9,22H,10H2,(H,21,23). The molecule has 0 aliphatic heterocycles. The monoisotopic (exact) mass is 400 g/mol.